The molecule has 0 atom stereocenters. The summed E-state index contributed by atoms with van der Waals surface area (Å²) < 4.78 is 20.7. The summed E-state index contributed by atoms with van der Waals surface area (Å²) in [4.78, 5) is 19.8. The minimum absolute atomic E-state index is 0. The predicted molar refractivity (Wildman–Crippen MR) is 152 cm³/mol. The van der Waals surface area contributed by atoms with Crippen molar-refractivity contribution < 1.29 is 13.9 Å². The van der Waals surface area contributed by atoms with Crippen molar-refractivity contribution in [3.8, 4) is 11.9 Å². The monoisotopic (exact) mass is 565 g/mol. The molecule has 5 rings (SSSR count). The first kappa shape index (κ1) is 28.1. The molecule has 0 aliphatic carbocycles. The predicted octanol–water partition coefficient (Wildman–Crippen LogP) is 5.96. The van der Waals surface area contributed by atoms with E-state index in [4.69, 9.17) is 16.3 Å². The molecule has 3 heterocycles. The molecule has 0 unspecified atom stereocenters. The Balaban J connectivity index is 0.00000353. The van der Waals surface area contributed by atoms with Crippen LogP contribution in [0.2, 0.25) is 5.02 Å². The van der Waals surface area contributed by atoms with E-state index in [0.29, 0.717) is 37.5 Å². The Bertz CT molecular complexity index is 1590. The molecule has 7 nitrogen and oxygen atoms in total. The van der Waals surface area contributed by atoms with Gasteiger partial charge in [-0.3, -0.25) is 9.47 Å². The second-order valence-corrected chi connectivity index (χ2v) is 9.44. The Hall–Kier alpha value is -3.90. The zero-order chi connectivity index (χ0) is 26.6. The van der Waals surface area contributed by atoms with Gasteiger partial charge in [0.2, 0.25) is 5.88 Å². The van der Waals surface area contributed by atoms with Crippen LogP contribution in [-0.2, 0) is 19.5 Å². The highest BCUT2D eigenvalue weighted by Crippen LogP contribution is 2.32. The van der Waals surface area contributed by atoms with E-state index in [9.17, 15) is 14.4 Å². The number of pyridine rings is 1. The zero-order valence-corrected chi connectivity index (χ0v) is 22.7. The van der Waals surface area contributed by atoms with Gasteiger partial charge in [0.25, 0.3) is 0 Å². The smallest absolute Gasteiger partial charge is 0.326 e. The van der Waals surface area contributed by atoms with Crippen LogP contribution in [0.5, 0.6) is 5.88 Å². The molecule has 0 spiro atoms. The molecular formula is C29H26Cl2FN5O2. The molecule has 0 bridgehead atoms. The van der Waals surface area contributed by atoms with Crippen molar-refractivity contribution in [1.29, 1.82) is 5.26 Å². The Labute approximate surface area is 236 Å². The van der Waals surface area contributed by atoms with Crippen molar-refractivity contribution >= 4 is 47.0 Å². The van der Waals surface area contributed by atoms with Crippen LogP contribution in [-0.4, -0.2) is 40.7 Å². The van der Waals surface area contributed by atoms with Gasteiger partial charge in [0.05, 0.1) is 29.3 Å². The van der Waals surface area contributed by atoms with Crippen molar-refractivity contribution in [2.75, 3.05) is 20.2 Å². The van der Waals surface area contributed by atoms with Crippen molar-refractivity contribution in [2.45, 2.75) is 19.5 Å². The second-order valence-electron chi connectivity index (χ2n) is 9.03. The maximum absolute atomic E-state index is 13.7. The van der Waals surface area contributed by atoms with Crippen molar-refractivity contribution in [1.82, 2.24) is 19.8 Å². The van der Waals surface area contributed by atoms with E-state index in [2.05, 4.69) is 21.3 Å². The number of halogens is 3. The van der Waals surface area contributed by atoms with E-state index in [1.807, 2.05) is 30.4 Å². The van der Waals surface area contributed by atoms with Crippen LogP contribution in [0.1, 0.15) is 27.9 Å². The molecule has 39 heavy (non-hydrogen) atoms. The SMILES string of the molecule is COc1cc(CNC(=O)n2c3c(c4cc(C#N)ccc42)CN(C/C=C/c2ccc(Cl)c(F)c2)CC3)ccn1.Cl. The number of amides is 1. The van der Waals surface area contributed by atoms with E-state index in [1.165, 1.54) is 6.07 Å². The summed E-state index contributed by atoms with van der Waals surface area (Å²) in [5.41, 5.74) is 4.91. The molecule has 4 aromatic rings. The summed E-state index contributed by atoms with van der Waals surface area (Å²) in [5, 5.41) is 13.5. The van der Waals surface area contributed by atoms with Gasteiger partial charge in [0.1, 0.15) is 5.82 Å². The van der Waals surface area contributed by atoms with Crippen LogP contribution in [0.3, 0.4) is 0 Å². The van der Waals surface area contributed by atoms with Crippen LogP contribution < -0.4 is 10.1 Å². The lowest BCUT2D eigenvalue weighted by atomic mass is 10.0. The highest BCUT2D eigenvalue weighted by molar-refractivity contribution is 6.30. The largest absolute Gasteiger partial charge is 0.481 e. The molecule has 0 fully saturated rings. The number of carbonyl (C=O) groups excluding carboxylic acids is 1. The maximum atomic E-state index is 13.7. The van der Waals surface area contributed by atoms with Gasteiger partial charge in [0.15, 0.2) is 0 Å². The number of methoxy groups -OCH3 is 1. The zero-order valence-electron chi connectivity index (χ0n) is 21.2. The topological polar surface area (TPSA) is 83.2 Å². The molecule has 1 N–H and O–H groups in total. The van der Waals surface area contributed by atoms with Crippen LogP contribution in [0.25, 0.3) is 17.0 Å². The Morgan fingerprint density at radius 3 is 2.87 bits per heavy atom. The third kappa shape index (κ3) is 6.07. The lowest BCUT2D eigenvalue weighted by Crippen LogP contribution is -2.34. The Kier molecular flexibility index (Phi) is 8.87. The lowest BCUT2D eigenvalue weighted by Gasteiger charge is -2.27. The fraction of sp³-hybridized carbons (Fsp3) is 0.207. The third-order valence-electron chi connectivity index (χ3n) is 6.63. The molecule has 1 aliphatic heterocycles. The minimum Gasteiger partial charge on any atom is -0.481 e. The first-order chi connectivity index (χ1) is 18.5. The fourth-order valence-electron chi connectivity index (χ4n) is 4.75. The van der Waals surface area contributed by atoms with E-state index < -0.39 is 5.82 Å². The van der Waals surface area contributed by atoms with Gasteiger partial charge < -0.3 is 10.1 Å². The molecule has 0 radical (unpaired) electrons. The second kappa shape index (κ2) is 12.3. The van der Waals surface area contributed by atoms with Gasteiger partial charge >= 0.3 is 6.03 Å². The maximum Gasteiger partial charge on any atom is 0.326 e. The first-order valence-corrected chi connectivity index (χ1v) is 12.5. The molecule has 200 valence electrons. The van der Waals surface area contributed by atoms with Gasteiger partial charge in [0, 0.05) is 55.9 Å². The molecule has 10 heteroatoms. The number of carbonyl (C=O) groups is 1. The van der Waals surface area contributed by atoms with Gasteiger partial charge in [-0.1, -0.05) is 29.8 Å². The van der Waals surface area contributed by atoms with E-state index in [0.717, 1.165) is 39.8 Å². The van der Waals surface area contributed by atoms with Crippen molar-refractivity contribution in [3.63, 3.8) is 0 Å². The van der Waals surface area contributed by atoms with Crippen LogP contribution in [0.15, 0.2) is 60.8 Å². The molecule has 2 aromatic heterocycles. The summed E-state index contributed by atoms with van der Waals surface area (Å²) in [6, 6.07) is 15.7. The number of fused-ring (bicyclic) bond motifs is 3. The number of benzene rings is 2. The Morgan fingerprint density at radius 2 is 2.10 bits per heavy atom. The molecule has 0 saturated carbocycles. The number of nitrogens with zero attached hydrogens (tertiary/aromatic N) is 4. The van der Waals surface area contributed by atoms with Gasteiger partial charge in [-0.15, -0.1) is 12.4 Å². The summed E-state index contributed by atoms with van der Waals surface area (Å²) in [6.45, 7) is 2.36. The van der Waals surface area contributed by atoms with Crippen LogP contribution in [0, 0.1) is 17.1 Å². The number of rotatable bonds is 6. The van der Waals surface area contributed by atoms with Crippen molar-refractivity contribution in [3.05, 3.63) is 99.6 Å². The average molecular weight is 566 g/mol. The Morgan fingerprint density at radius 1 is 1.26 bits per heavy atom. The molecule has 1 amide bonds. The normalized spacial score (nSPS) is 13.1. The van der Waals surface area contributed by atoms with E-state index in [1.54, 1.807) is 42.1 Å². The summed E-state index contributed by atoms with van der Waals surface area (Å²) >= 11 is 5.78. The number of nitriles is 1. The summed E-state index contributed by atoms with van der Waals surface area (Å²) in [5.74, 6) is 0.0406. The summed E-state index contributed by atoms with van der Waals surface area (Å²) in [6.07, 6.45) is 6.17. The van der Waals surface area contributed by atoms with Crippen LogP contribution >= 0.6 is 24.0 Å². The number of hydrogen-bond acceptors (Lipinski definition) is 5. The number of nitrogens with one attached hydrogen (secondary N) is 1. The molecule has 2 aromatic carbocycles. The van der Waals surface area contributed by atoms with Gasteiger partial charge in [-0.25, -0.2) is 14.2 Å². The van der Waals surface area contributed by atoms with E-state index in [-0.39, 0.29) is 23.5 Å². The van der Waals surface area contributed by atoms with Gasteiger partial charge in [-0.2, -0.15) is 5.26 Å². The molecule has 1 aliphatic rings. The number of ether oxygens (including phenoxy) is 1. The number of hydrogen-bond donors (Lipinski definition) is 1. The van der Waals surface area contributed by atoms with Crippen molar-refractivity contribution in [2.24, 2.45) is 0 Å². The summed E-state index contributed by atoms with van der Waals surface area (Å²) in [7, 11) is 1.55. The number of aromatic nitrogens is 2. The highest BCUT2D eigenvalue weighted by Gasteiger charge is 2.26. The standard InChI is InChI=1S/C29H25ClFN5O2.ClH/c1-38-28-15-21(8-10-33-28)17-34-29(37)36-26-7-5-20(16-32)13-22(26)23-18-35(12-9-27(23)36)11-2-3-19-4-6-24(30)25(31)14-19;/h2-8,10,13-15H,9,11-12,17-18H2,1H3,(H,34,37);1H/b3-2+;. The van der Waals surface area contributed by atoms with Crippen LogP contribution in [0.4, 0.5) is 9.18 Å². The third-order valence-corrected chi connectivity index (χ3v) is 6.94. The first-order valence-electron chi connectivity index (χ1n) is 12.1. The molecular weight excluding hydrogens is 540 g/mol. The quantitative estimate of drug-likeness (QED) is 0.312. The van der Waals surface area contributed by atoms with E-state index >= 15 is 0 Å². The average Bonchev–Trinajstić information content (AvgIpc) is 3.26. The minimum atomic E-state index is -0.445. The highest BCUT2D eigenvalue weighted by atomic mass is 35.5. The molecule has 0 saturated heterocycles. The lowest BCUT2D eigenvalue weighted by molar-refractivity contribution is 0.240. The van der Waals surface area contributed by atoms with Gasteiger partial charge in [-0.05, 0) is 53.1 Å². The fourth-order valence-corrected chi connectivity index (χ4v) is 4.87.